The van der Waals surface area contributed by atoms with Gasteiger partial charge in [-0.05, 0) is 38.5 Å². The molecule has 3 nitrogen and oxygen atoms in total. The Balaban J connectivity index is 1.73. The summed E-state index contributed by atoms with van der Waals surface area (Å²) in [5.74, 6) is 0. The second-order valence-corrected chi connectivity index (χ2v) is 5.05. The molecule has 1 heterocycles. The Morgan fingerprint density at radius 1 is 1.53 bits per heavy atom. The molecule has 0 aromatic carbocycles. The molecule has 0 aromatic heterocycles. The summed E-state index contributed by atoms with van der Waals surface area (Å²) in [5.41, 5.74) is 0.215. The number of hydrogen-bond donors (Lipinski definition) is 2. The zero-order valence-corrected chi connectivity index (χ0v) is 9.67. The van der Waals surface area contributed by atoms with Crippen molar-refractivity contribution in [3.63, 3.8) is 0 Å². The van der Waals surface area contributed by atoms with E-state index in [0.29, 0.717) is 6.04 Å². The van der Waals surface area contributed by atoms with E-state index in [1.807, 2.05) is 6.92 Å². The van der Waals surface area contributed by atoms with Gasteiger partial charge in [0.05, 0.1) is 11.7 Å². The molecule has 88 valence electrons. The lowest BCUT2D eigenvalue weighted by atomic mass is 9.74. The Morgan fingerprint density at radius 3 is 2.93 bits per heavy atom. The van der Waals surface area contributed by atoms with E-state index in [4.69, 9.17) is 4.74 Å². The monoisotopic (exact) mass is 213 g/mol. The predicted molar refractivity (Wildman–Crippen MR) is 59.9 cm³/mol. The molecule has 1 spiro atoms. The molecular weight excluding hydrogens is 190 g/mol. The smallest absolute Gasteiger partial charge is 0.0697 e. The van der Waals surface area contributed by atoms with Gasteiger partial charge in [-0.25, -0.2) is 0 Å². The van der Waals surface area contributed by atoms with Crippen LogP contribution in [0, 0.1) is 0 Å². The van der Waals surface area contributed by atoms with E-state index < -0.39 is 0 Å². The first kappa shape index (κ1) is 11.4. The lowest BCUT2D eigenvalue weighted by Gasteiger charge is -2.47. The van der Waals surface area contributed by atoms with Gasteiger partial charge in [-0.15, -0.1) is 0 Å². The van der Waals surface area contributed by atoms with E-state index in [9.17, 15) is 5.11 Å². The molecule has 15 heavy (non-hydrogen) atoms. The summed E-state index contributed by atoms with van der Waals surface area (Å²) in [6, 6.07) is 0.556. The second kappa shape index (κ2) is 4.81. The van der Waals surface area contributed by atoms with Crippen LogP contribution in [0.3, 0.4) is 0 Å². The quantitative estimate of drug-likeness (QED) is 0.742. The molecule has 0 radical (unpaired) electrons. The van der Waals surface area contributed by atoms with Crippen LogP contribution in [0.4, 0.5) is 0 Å². The maximum atomic E-state index is 9.50. The Hall–Kier alpha value is -0.120. The number of hydrogen-bond acceptors (Lipinski definition) is 3. The average molecular weight is 213 g/mol. The number of ether oxygens (including phenoxy) is 1. The fourth-order valence-corrected chi connectivity index (χ4v) is 2.57. The van der Waals surface area contributed by atoms with Crippen LogP contribution in [0.25, 0.3) is 0 Å². The van der Waals surface area contributed by atoms with Gasteiger partial charge in [-0.1, -0.05) is 6.92 Å². The first-order chi connectivity index (χ1) is 7.24. The molecule has 0 amide bonds. The van der Waals surface area contributed by atoms with Gasteiger partial charge in [-0.3, -0.25) is 0 Å². The summed E-state index contributed by atoms with van der Waals surface area (Å²) in [6.07, 6.45) is 6.68. The van der Waals surface area contributed by atoms with Gasteiger partial charge in [0.25, 0.3) is 0 Å². The zero-order valence-electron chi connectivity index (χ0n) is 9.67. The molecule has 0 bridgehead atoms. The molecule has 3 heteroatoms. The largest absolute Gasteiger partial charge is 0.392 e. The number of aliphatic hydroxyl groups is 1. The summed E-state index contributed by atoms with van der Waals surface area (Å²) in [4.78, 5) is 0. The van der Waals surface area contributed by atoms with Crippen LogP contribution in [0.15, 0.2) is 0 Å². The standard InChI is InChI=1S/C12H23NO2/c1-2-11(14)9-13-10-4-7-15-12(8-10)5-3-6-12/h10-11,13-14H,2-9H2,1H3. The number of rotatable bonds is 4. The molecule has 2 unspecified atom stereocenters. The lowest BCUT2D eigenvalue weighted by Crippen LogP contribution is -2.51. The minimum Gasteiger partial charge on any atom is -0.392 e. The molecule has 0 aromatic rings. The Kier molecular flexibility index (Phi) is 3.65. The summed E-state index contributed by atoms with van der Waals surface area (Å²) >= 11 is 0. The van der Waals surface area contributed by atoms with Crippen LogP contribution in [0.1, 0.15) is 45.4 Å². The van der Waals surface area contributed by atoms with Crippen molar-refractivity contribution >= 4 is 0 Å². The third-order valence-corrected chi connectivity index (χ3v) is 3.87. The van der Waals surface area contributed by atoms with Gasteiger partial charge in [-0.2, -0.15) is 0 Å². The van der Waals surface area contributed by atoms with Gasteiger partial charge in [0.2, 0.25) is 0 Å². The highest BCUT2D eigenvalue weighted by atomic mass is 16.5. The fraction of sp³-hybridized carbons (Fsp3) is 1.00. The summed E-state index contributed by atoms with van der Waals surface area (Å²) in [6.45, 7) is 3.64. The van der Waals surface area contributed by atoms with Crippen LogP contribution in [-0.4, -0.2) is 36.0 Å². The van der Waals surface area contributed by atoms with Gasteiger partial charge in [0, 0.05) is 19.2 Å². The van der Waals surface area contributed by atoms with E-state index in [-0.39, 0.29) is 11.7 Å². The summed E-state index contributed by atoms with van der Waals surface area (Å²) < 4.78 is 5.86. The third kappa shape index (κ3) is 2.71. The first-order valence-corrected chi connectivity index (χ1v) is 6.29. The molecule has 2 fully saturated rings. The average Bonchev–Trinajstić information content (AvgIpc) is 2.24. The van der Waals surface area contributed by atoms with Crippen LogP contribution in [-0.2, 0) is 4.74 Å². The summed E-state index contributed by atoms with van der Waals surface area (Å²) in [7, 11) is 0. The van der Waals surface area contributed by atoms with E-state index >= 15 is 0 Å². The molecular formula is C12H23NO2. The van der Waals surface area contributed by atoms with Gasteiger partial charge < -0.3 is 15.2 Å². The van der Waals surface area contributed by atoms with Crippen molar-refractivity contribution in [1.82, 2.24) is 5.32 Å². The number of aliphatic hydroxyl groups excluding tert-OH is 1. The maximum Gasteiger partial charge on any atom is 0.0697 e. The topological polar surface area (TPSA) is 41.5 Å². The summed E-state index contributed by atoms with van der Waals surface area (Å²) in [5, 5.41) is 13.0. The number of nitrogens with one attached hydrogen (secondary N) is 1. The van der Waals surface area contributed by atoms with Crippen molar-refractivity contribution in [1.29, 1.82) is 0 Å². The van der Waals surface area contributed by atoms with E-state index in [1.165, 1.54) is 19.3 Å². The van der Waals surface area contributed by atoms with Crippen LogP contribution in [0.5, 0.6) is 0 Å². The lowest BCUT2D eigenvalue weighted by molar-refractivity contribution is -0.136. The van der Waals surface area contributed by atoms with Crippen molar-refractivity contribution in [3.05, 3.63) is 0 Å². The molecule has 2 N–H and O–H groups in total. The van der Waals surface area contributed by atoms with Crippen molar-refractivity contribution in [2.45, 2.75) is 63.2 Å². The van der Waals surface area contributed by atoms with E-state index in [2.05, 4.69) is 5.32 Å². The first-order valence-electron chi connectivity index (χ1n) is 6.29. The van der Waals surface area contributed by atoms with Gasteiger partial charge in [0.15, 0.2) is 0 Å². The highest BCUT2D eigenvalue weighted by molar-refractivity contribution is 4.96. The highest BCUT2D eigenvalue weighted by Gasteiger charge is 2.42. The maximum absolute atomic E-state index is 9.50. The zero-order chi connectivity index (χ0) is 10.7. The molecule has 2 rings (SSSR count). The molecule has 1 saturated heterocycles. The van der Waals surface area contributed by atoms with Crippen LogP contribution >= 0.6 is 0 Å². The Labute approximate surface area is 92.2 Å². The normalized spacial score (nSPS) is 31.2. The Morgan fingerprint density at radius 2 is 2.33 bits per heavy atom. The molecule has 1 saturated carbocycles. The van der Waals surface area contributed by atoms with E-state index in [0.717, 1.165) is 32.4 Å². The molecule has 2 atom stereocenters. The van der Waals surface area contributed by atoms with Crippen molar-refractivity contribution in [2.24, 2.45) is 0 Å². The highest BCUT2D eigenvalue weighted by Crippen LogP contribution is 2.42. The minimum absolute atomic E-state index is 0.190. The van der Waals surface area contributed by atoms with Crippen LogP contribution < -0.4 is 5.32 Å². The van der Waals surface area contributed by atoms with Crippen LogP contribution in [0.2, 0.25) is 0 Å². The second-order valence-electron chi connectivity index (χ2n) is 5.05. The third-order valence-electron chi connectivity index (χ3n) is 3.87. The fourth-order valence-electron chi connectivity index (χ4n) is 2.57. The molecule has 1 aliphatic heterocycles. The van der Waals surface area contributed by atoms with Gasteiger partial charge in [0.1, 0.15) is 0 Å². The molecule has 1 aliphatic carbocycles. The predicted octanol–water partition coefficient (Wildman–Crippen LogP) is 1.45. The van der Waals surface area contributed by atoms with Crippen molar-refractivity contribution in [3.8, 4) is 0 Å². The van der Waals surface area contributed by atoms with Gasteiger partial charge >= 0.3 is 0 Å². The SMILES string of the molecule is CCC(O)CNC1CCOC2(CCC2)C1. The molecule has 2 aliphatic rings. The Bertz CT molecular complexity index is 204. The minimum atomic E-state index is -0.190. The van der Waals surface area contributed by atoms with E-state index in [1.54, 1.807) is 0 Å². The van der Waals surface area contributed by atoms with Crippen molar-refractivity contribution in [2.75, 3.05) is 13.2 Å². The van der Waals surface area contributed by atoms with Crippen molar-refractivity contribution < 1.29 is 9.84 Å².